The van der Waals surface area contributed by atoms with Gasteiger partial charge in [-0.3, -0.25) is 4.79 Å². The highest BCUT2D eigenvalue weighted by Crippen LogP contribution is 2.27. The Balaban J connectivity index is 1.85. The Kier molecular flexibility index (Phi) is 5.97. The summed E-state index contributed by atoms with van der Waals surface area (Å²) in [4.78, 5) is 12.8. The van der Waals surface area contributed by atoms with Crippen LogP contribution >= 0.6 is 23.2 Å². The zero-order valence-electron chi connectivity index (χ0n) is 14.4. The van der Waals surface area contributed by atoms with Crippen molar-refractivity contribution in [2.45, 2.75) is 19.4 Å². The molecule has 0 radical (unpaired) electrons. The molecule has 0 bridgehead atoms. The lowest BCUT2D eigenvalue weighted by Crippen LogP contribution is -2.16. The molecule has 26 heavy (non-hydrogen) atoms. The van der Waals surface area contributed by atoms with Crippen molar-refractivity contribution in [3.8, 4) is 0 Å². The molecule has 0 saturated heterocycles. The predicted molar refractivity (Wildman–Crippen MR) is 109 cm³/mol. The first kappa shape index (κ1) is 18.5. The number of benzene rings is 3. The Morgan fingerprint density at radius 2 is 1.62 bits per heavy atom. The van der Waals surface area contributed by atoms with Crippen molar-refractivity contribution in [1.29, 1.82) is 0 Å². The van der Waals surface area contributed by atoms with Gasteiger partial charge in [0.1, 0.15) is 0 Å². The van der Waals surface area contributed by atoms with Gasteiger partial charge < -0.3 is 5.32 Å². The molecule has 2 nitrogen and oxygen atoms in total. The summed E-state index contributed by atoms with van der Waals surface area (Å²) in [5.74, 6) is 0.0829. The van der Waals surface area contributed by atoms with Crippen molar-refractivity contribution in [1.82, 2.24) is 0 Å². The Labute approximate surface area is 163 Å². The molecule has 1 N–H and O–H groups in total. The molecule has 132 valence electrons. The topological polar surface area (TPSA) is 29.1 Å². The third kappa shape index (κ3) is 4.87. The molecule has 0 amide bonds. The van der Waals surface area contributed by atoms with Gasteiger partial charge in [-0.25, -0.2) is 0 Å². The molecule has 0 spiro atoms. The van der Waals surface area contributed by atoms with Gasteiger partial charge in [-0.2, -0.15) is 0 Å². The van der Waals surface area contributed by atoms with Gasteiger partial charge in [-0.05, 0) is 42.8 Å². The van der Waals surface area contributed by atoms with Crippen molar-refractivity contribution in [2.24, 2.45) is 0 Å². The van der Waals surface area contributed by atoms with Crippen LogP contribution in [-0.2, 0) is 0 Å². The zero-order valence-corrected chi connectivity index (χ0v) is 15.9. The first-order valence-electron chi connectivity index (χ1n) is 8.39. The number of anilines is 1. The molecule has 0 aromatic heterocycles. The number of Topliss-reactive ketones (excluding diaryl/α,β-unsaturated/α-hetero) is 1. The number of hydrogen-bond acceptors (Lipinski definition) is 2. The first-order valence-corrected chi connectivity index (χ1v) is 9.14. The Morgan fingerprint density at radius 3 is 2.27 bits per heavy atom. The van der Waals surface area contributed by atoms with E-state index in [1.165, 1.54) is 0 Å². The highest BCUT2D eigenvalue weighted by atomic mass is 35.5. The van der Waals surface area contributed by atoms with Crippen molar-refractivity contribution >= 4 is 34.7 Å². The maximum atomic E-state index is 12.8. The summed E-state index contributed by atoms with van der Waals surface area (Å²) in [7, 11) is 0. The summed E-state index contributed by atoms with van der Waals surface area (Å²) in [6.07, 6.45) is 0.331. The van der Waals surface area contributed by atoms with Gasteiger partial charge in [0.2, 0.25) is 0 Å². The summed E-state index contributed by atoms with van der Waals surface area (Å²) >= 11 is 12.1. The van der Waals surface area contributed by atoms with E-state index in [1.54, 1.807) is 0 Å². The summed E-state index contributed by atoms with van der Waals surface area (Å²) in [6, 6.07) is 22.5. The third-order valence-electron chi connectivity index (χ3n) is 4.20. The van der Waals surface area contributed by atoms with Crippen molar-refractivity contribution in [3.63, 3.8) is 0 Å². The minimum Gasteiger partial charge on any atom is -0.378 e. The first-order chi connectivity index (χ1) is 12.5. The van der Waals surface area contributed by atoms with Crippen molar-refractivity contribution in [3.05, 3.63) is 99.5 Å². The molecule has 4 heteroatoms. The summed E-state index contributed by atoms with van der Waals surface area (Å²) in [5, 5.41) is 4.73. The van der Waals surface area contributed by atoms with Gasteiger partial charge >= 0.3 is 0 Å². The standard InChI is InChI=1S/C22H19Cl2NO/c1-15-5-7-17(8-6-15)22(26)14-21(16-9-11-18(23)12-10-16)25-20-4-2-3-19(24)13-20/h2-13,21,25H,14H2,1H3. The normalized spacial score (nSPS) is 11.8. The largest absolute Gasteiger partial charge is 0.378 e. The number of hydrogen-bond donors (Lipinski definition) is 1. The lowest BCUT2D eigenvalue weighted by molar-refractivity contribution is 0.0976. The van der Waals surface area contributed by atoms with Crippen LogP contribution in [0.15, 0.2) is 72.8 Å². The molecule has 0 saturated carbocycles. The van der Waals surface area contributed by atoms with Crippen LogP contribution in [0.5, 0.6) is 0 Å². The molecule has 1 unspecified atom stereocenters. The summed E-state index contributed by atoms with van der Waals surface area (Å²) in [5.41, 5.74) is 3.71. The van der Waals surface area contributed by atoms with Crippen molar-refractivity contribution < 1.29 is 4.79 Å². The van der Waals surface area contributed by atoms with E-state index >= 15 is 0 Å². The maximum absolute atomic E-state index is 12.8. The second-order valence-electron chi connectivity index (χ2n) is 6.25. The second kappa shape index (κ2) is 8.39. The lowest BCUT2D eigenvalue weighted by Gasteiger charge is -2.20. The van der Waals surface area contributed by atoms with Crippen LogP contribution in [-0.4, -0.2) is 5.78 Å². The predicted octanol–water partition coefficient (Wildman–Crippen LogP) is 6.73. The van der Waals surface area contributed by atoms with E-state index in [9.17, 15) is 4.79 Å². The molecule has 0 aliphatic rings. The fourth-order valence-corrected chi connectivity index (χ4v) is 3.09. The van der Waals surface area contributed by atoms with Crippen LogP contribution in [0.3, 0.4) is 0 Å². The highest BCUT2D eigenvalue weighted by Gasteiger charge is 2.17. The number of carbonyl (C=O) groups is 1. The Morgan fingerprint density at radius 1 is 0.923 bits per heavy atom. The van der Waals surface area contributed by atoms with Crippen LogP contribution in [0.4, 0.5) is 5.69 Å². The van der Waals surface area contributed by atoms with E-state index in [4.69, 9.17) is 23.2 Å². The number of nitrogens with one attached hydrogen (secondary N) is 1. The molecule has 3 aromatic carbocycles. The van der Waals surface area contributed by atoms with Gasteiger partial charge in [0, 0.05) is 27.7 Å². The average Bonchev–Trinajstić information content (AvgIpc) is 2.62. The van der Waals surface area contributed by atoms with Crippen LogP contribution in [0.2, 0.25) is 10.0 Å². The van der Waals surface area contributed by atoms with E-state index in [1.807, 2.05) is 79.7 Å². The van der Waals surface area contributed by atoms with Crippen molar-refractivity contribution in [2.75, 3.05) is 5.32 Å². The van der Waals surface area contributed by atoms with Gasteiger partial charge in [0.05, 0.1) is 6.04 Å². The smallest absolute Gasteiger partial charge is 0.165 e. The van der Waals surface area contributed by atoms with E-state index in [-0.39, 0.29) is 11.8 Å². The fraction of sp³-hybridized carbons (Fsp3) is 0.136. The molecule has 0 aliphatic heterocycles. The van der Waals surface area contributed by atoms with Crippen LogP contribution in [0.1, 0.15) is 33.9 Å². The fourth-order valence-electron chi connectivity index (χ4n) is 2.77. The SMILES string of the molecule is Cc1ccc(C(=O)CC(Nc2cccc(Cl)c2)c2ccc(Cl)cc2)cc1. The van der Waals surface area contributed by atoms with Crippen LogP contribution < -0.4 is 5.32 Å². The minimum atomic E-state index is -0.181. The van der Waals surface area contributed by atoms with E-state index in [2.05, 4.69) is 5.32 Å². The quantitative estimate of drug-likeness (QED) is 0.478. The molecule has 3 rings (SSSR count). The zero-order chi connectivity index (χ0) is 18.5. The Bertz CT molecular complexity index is 889. The second-order valence-corrected chi connectivity index (χ2v) is 7.13. The molecule has 0 heterocycles. The number of aryl methyl sites for hydroxylation is 1. The van der Waals surface area contributed by atoms with E-state index < -0.39 is 0 Å². The number of ketones is 1. The molecule has 1 atom stereocenters. The molecular weight excluding hydrogens is 365 g/mol. The van der Waals surface area contributed by atoms with Gasteiger partial charge in [0.15, 0.2) is 5.78 Å². The summed E-state index contributed by atoms with van der Waals surface area (Å²) in [6.45, 7) is 2.01. The van der Waals surface area contributed by atoms with Gasteiger partial charge in [-0.1, -0.05) is 71.2 Å². The number of carbonyl (C=O) groups excluding carboxylic acids is 1. The van der Waals surface area contributed by atoms with E-state index in [0.717, 1.165) is 16.8 Å². The molecule has 0 aliphatic carbocycles. The maximum Gasteiger partial charge on any atom is 0.165 e. The van der Waals surface area contributed by atoms with Crippen LogP contribution in [0.25, 0.3) is 0 Å². The van der Waals surface area contributed by atoms with Gasteiger partial charge in [0.25, 0.3) is 0 Å². The van der Waals surface area contributed by atoms with E-state index in [0.29, 0.717) is 22.0 Å². The van der Waals surface area contributed by atoms with Crippen LogP contribution in [0, 0.1) is 6.92 Å². The number of halogens is 2. The summed E-state index contributed by atoms with van der Waals surface area (Å²) < 4.78 is 0. The molecule has 0 fully saturated rings. The molecular formula is C22H19Cl2NO. The lowest BCUT2D eigenvalue weighted by atomic mass is 9.97. The molecule has 3 aromatic rings. The average molecular weight is 384 g/mol. The monoisotopic (exact) mass is 383 g/mol. The van der Waals surface area contributed by atoms with Gasteiger partial charge in [-0.15, -0.1) is 0 Å². The Hall–Kier alpha value is -2.29. The minimum absolute atomic E-state index is 0.0829. The highest BCUT2D eigenvalue weighted by molar-refractivity contribution is 6.31. The third-order valence-corrected chi connectivity index (χ3v) is 4.69. The number of rotatable bonds is 6.